The lowest BCUT2D eigenvalue weighted by Gasteiger charge is -2.25. The molecule has 0 aliphatic rings. The highest BCUT2D eigenvalue weighted by atomic mass is 19.3. The van der Waals surface area contributed by atoms with Gasteiger partial charge in [-0.1, -0.05) is 0 Å². The molecule has 21 heavy (non-hydrogen) atoms. The van der Waals surface area contributed by atoms with Crippen LogP contribution < -0.4 is 10.6 Å². The van der Waals surface area contributed by atoms with Crippen molar-refractivity contribution in [1.82, 2.24) is 15.1 Å². The standard InChI is InChI=1S/C12H18F2N4O3/c1-12(2,4-3-10(19)20)17-11(21)16-8-5-15-18(6-8)7-9(13)14/h5-6,9H,3-4,7H2,1-2H3,(H,19,20)(H2,16,17,21). The van der Waals surface area contributed by atoms with E-state index in [-0.39, 0.29) is 18.5 Å². The van der Waals surface area contributed by atoms with Gasteiger partial charge in [-0.15, -0.1) is 0 Å². The van der Waals surface area contributed by atoms with E-state index in [0.717, 1.165) is 4.68 Å². The first-order valence-electron chi connectivity index (χ1n) is 6.29. The summed E-state index contributed by atoms with van der Waals surface area (Å²) >= 11 is 0. The van der Waals surface area contributed by atoms with E-state index in [1.807, 2.05) is 0 Å². The Morgan fingerprint density at radius 3 is 2.71 bits per heavy atom. The second-order valence-electron chi connectivity index (χ2n) is 5.20. The van der Waals surface area contributed by atoms with Gasteiger partial charge < -0.3 is 15.7 Å². The minimum absolute atomic E-state index is 0.0698. The number of rotatable bonds is 7. The zero-order chi connectivity index (χ0) is 16.0. The van der Waals surface area contributed by atoms with Gasteiger partial charge in [-0.25, -0.2) is 13.6 Å². The van der Waals surface area contributed by atoms with Crippen molar-refractivity contribution in [2.45, 2.75) is 45.2 Å². The molecule has 1 rings (SSSR count). The lowest BCUT2D eigenvalue weighted by molar-refractivity contribution is -0.137. The van der Waals surface area contributed by atoms with Crippen molar-refractivity contribution < 1.29 is 23.5 Å². The summed E-state index contributed by atoms with van der Waals surface area (Å²) in [6.07, 6.45) is 0.212. The molecule has 1 aromatic rings. The summed E-state index contributed by atoms with van der Waals surface area (Å²) in [6, 6.07) is -0.554. The van der Waals surface area contributed by atoms with Gasteiger partial charge in [0, 0.05) is 18.2 Å². The van der Waals surface area contributed by atoms with Crippen LogP contribution in [0.4, 0.5) is 19.3 Å². The van der Waals surface area contributed by atoms with Gasteiger partial charge in [-0.05, 0) is 20.3 Å². The number of amides is 2. The number of hydrogen-bond acceptors (Lipinski definition) is 3. The van der Waals surface area contributed by atoms with Gasteiger partial charge >= 0.3 is 12.0 Å². The fourth-order valence-corrected chi connectivity index (χ4v) is 1.62. The summed E-state index contributed by atoms with van der Waals surface area (Å²) in [5.41, 5.74) is -0.427. The van der Waals surface area contributed by atoms with Crippen LogP contribution in [0.1, 0.15) is 26.7 Å². The Hall–Kier alpha value is -2.19. The first-order valence-corrected chi connectivity index (χ1v) is 6.29. The molecule has 0 fully saturated rings. The molecule has 0 saturated carbocycles. The molecule has 0 radical (unpaired) electrons. The molecular formula is C12H18F2N4O3. The van der Waals surface area contributed by atoms with Crippen molar-refractivity contribution in [1.29, 1.82) is 0 Å². The molecule has 0 atom stereocenters. The Kier molecular flexibility index (Phi) is 5.62. The third-order valence-corrected chi connectivity index (χ3v) is 2.63. The summed E-state index contributed by atoms with van der Waals surface area (Å²) < 4.78 is 25.3. The van der Waals surface area contributed by atoms with Crippen LogP contribution in [0.25, 0.3) is 0 Å². The molecule has 9 heteroatoms. The summed E-state index contributed by atoms with van der Waals surface area (Å²) in [6.45, 7) is 2.83. The molecule has 2 amide bonds. The Bertz CT molecular complexity index is 502. The Morgan fingerprint density at radius 2 is 2.14 bits per heavy atom. The normalized spacial score (nSPS) is 11.5. The first-order chi connectivity index (χ1) is 9.68. The highest BCUT2D eigenvalue weighted by molar-refractivity contribution is 5.89. The van der Waals surface area contributed by atoms with E-state index in [0.29, 0.717) is 0 Å². The van der Waals surface area contributed by atoms with Crippen molar-refractivity contribution in [2.75, 3.05) is 5.32 Å². The number of nitrogens with zero attached hydrogens (tertiary/aromatic N) is 2. The highest BCUT2D eigenvalue weighted by Gasteiger charge is 2.21. The van der Waals surface area contributed by atoms with Gasteiger partial charge in [0.25, 0.3) is 6.43 Å². The zero-order valence-corrected chi connectivity index (χ0v) is 11.8. The van der Waals surface area contributed by atoms with E-state index < -0.39 is 30.5 Å². The predicted molar refractivity (Wildman–Crippen MR) is 71.3 cm³/mol. The first kappa shape index (κ1) is 16.9. The third kappa shape index (κ3) is 6.68. The van der Waals surface area contributed by atoms with E-state index in [4.69, 9.17) is 5.11 Å². The fraction of sp³-hybridized carbons (Fsp3) is 0.583. The van der Waals surface area contributed by atoms with Gasteiger partial charge in [0.2, 0.25) is 0 Å². The lowest BCUT2D eigenvalue weighted by atomic mass is 9.99. The number of carbonyl (C=O) groups excluding carboxylic acids is 1. The molecule has 0 unspecified atom stereocenters. The number of aromatic nitrogens is 2. The van der Waals surface area contributed by atoms with Gasteiger partial charge in [0.15, 0.2) is 0 Å². The number of aliphatic carboxylic acids is 1. The van der Waals surface area contributed by atoms with Gasteiger partial charge in [0.1, 0.15) is 6.54 Å². The molecule has 1 heterocycles. The maximum absolute atomic E-state index is 12.2. The molecular weight excluding hydrogens is 286 g/mol. The molecule has 0 aromatic carbocycles. The third-order valence-electron chi connectivity index (χ3n) is 2.63. The van der Waals surface area contributed by atoms with Crippen LogP contribution in [0.5, 0.6) is 0 Å². The average molecular weight is 304 g/mol. The Morgan fingerprint density at radius 1 is 1.48 bits per heavy atom. The second kappa shape index (κ2) is 7.00. The molecule has 7 nitrogen and oxygen atoms in total. The largest absolute Gasteiger partial charge is 0.481 e. The smallest absolute Gasteiger partial charge is 0.319 e. The van der Waals surface area contributed by atoms with Crippen LogP contribution in [-0.2, 0) is 11.3 Å². The van der Waals surface area contributed by atoms with Crippen LogP contribution in [0.15, 0.2) is 12.4 Å². The van der Waals surface area contributed by atoms with Gasteiger partial charge in [0.05, 0.1) is 11.9 Å². The maximum atomic E-state index is 12.2. The lowest BCUT2D eigenvalue weighted by Crippen LogP contribution is -2.45. The number of anilines is 1. The molecule has 0 aliphatic carbocycles. The van der Waals surface area contributed by atoms with E-state index in [2.05, 4.69) is 15.7 Å². The van der Waals surface area contributed by atoms with Crippen LogP contribution >= 0.6 is 0 Å². The van der Waals surface area contributed by atoms with Crippen LogP contribution in [0.2, 0.25) is 0 Å². The molecule has 0 spiro atoms. The van der Waals surface area contributed by atoms with Crippen molar-refractivity contribution in [2.24, 2.45) is 0 Å². The number of carbonyl (C=O) groups is 2. The quantitative estimate of drug-likeness (QED) is 0.717. The number of carboxylic acids is 1. The van der Waals surface area contributed by atoms with Crippen LogP contribution in [0, 0.1) is 0 Å². The second-order valence-corrected chi connectivity index (χ2v) is 5.20. The maximum Gasteiger partial charge on any atom is 0.319 e. The number of halogens is 2. The van der Waals surface area contributed by atoms with E-state index in [9.17, 15) is 18.4 Å². The molecule has 3 N–H and O–H groups in total. The van der Waals surface area contributed by atoms with E-state index >= 15 is 0 Å². The minimum atomic E-state index is -2.53. The average Bonchev–Trinajstić information content (AvgIpc) is 2.72. The number of hydrogen-bond donors (Lipinski definition) is 3. The van der Waals surface area contributed by atoms with Gasteiger partial charge in [-0.2, -0.15) is 5.10 Å². The number of carboxylic acid groups (broad SMARTS) is 1. The van der Waals surface area contributed by atoms with Crippen LogP contribution in [-0.4, -0.2) is 38.9 Å². The highest BCUT2D eigenvalue weighted by Crippen LogP contribution is 2.12. The van der Waals surface area contributed by atoms with Crippen molar-refractivity contribution >= 4 is 17.7 Å². The summed E-state index contributed by atoms with van der Waals surface area (Å²) in [5, 5.41) is 17.4. The van der Waals surface area contributed by atoms with E-state index in [1.54, 1.807) is 13.8 Å². The topological polar surface area (TPSA) is 96.2 Å². The summed E-state index contributed by atoms with van der Waals surface area (Å²) in [4.78, 5) is 22.3. The fourth-order valence-electron chi connectivity index (χ4n) is 1.62. The molecule has 0 aliphatic heterocycles. The summed E-state index contributed by atoms with van der Waals surface area (Å²) in [5.74, 6) is -0.946. The predicted octanol–water partition coefficient (Wildman–Crippen LogP) is 1.91. The molecule has 0 saturated heterocycles. The number of urea groups is 1. The zero-order valence-electron chi connectivity index (χ0n) is 11.8. The minimum Gasteiger partial charge on any atom is -0.481 e. The number of alkyl halides is 2. The SMILES string of the molecule is CC(C)(CCC(=O)O)NC(=O)Nc1cnn(CC(F)F)c1. The molecule has 1 aromatic heterocycles. The molecule has 0 bridgehead atoms. The van der Waals surface area contributed by atoms with Crippen LogP contribution in [0.3, 0.4) is 0 Å². The number of nitrogens with one attached hydrogen (secondary N) is 2. The summed E-state index contributed by atoms with van der Waals surface area (Å²) in [7, 11) is 0. The monoisotopic (exact) mass is 304 g/mol. The Labute approximate surface area is 120 Å². The van der Waals surface area contributed by atoms with Crippen molar-refractivity contribution in [3.63, 3.8) is 0 Å². The van der Waals surface area contributed by atoms with E-state index in [1.165, 1.54) is 12.4 Å². The van der Waals surface area contributed by atoms with Crippen molar-refractivity contribution in [3.8, 4) is 0 Å². The van der Waals surface area contributed by atoms with Crippen molar-refractivity contribution in [3.05, 3.63) is 12.4 Å². The Balaban J connectivity index is 2.49. The molecule has 118 valence electrons. The van der Waals surface area contributed by atoms with Gasteiger partial charge in [-0.3, -0.25) is 9.48 Å².